The SMILES string of the molecule is C=CCCCCCCC(O)CI. The van der Waals surface area contributed by atoms with E-state index < -0.39 is 0 Å². The molecular formula is C10H19IO. The summed E-state index contributed by atoms with van der Waals surface area (Å²) in [6, 6.07) is 0. The van der Waals surface area contributed by atoms with Crippen molar-refractivity contribution in [2.45, 2.75) is 44.6 Å². The summed E-state index contributed by atoms with van der Waals surface area (Å²) in [5.74, 6) is 0. The first kappa shape index (κ1) is 12.4. The van der Waals surface area contributed by atoms with Crippen LogP contribution in [0, 0.1) is 0 Å². The second kappa shape index (κ2) is 9.52. The van der Waals surface area contributed by atoms with Crippen molar-refractivity contribution >= 4 is 22.6 Å². The molecule has 1 atom stereocenters. The molecule has 2 heteroatoms. The number of aliphatic hydroxyl groups excluding tert-OH is 1. The quantitative estimate of drug-likeness (QED) is 0.313. The van der Waals surface area contributed by atoms with Gasteiger partial charge in [0, 0.05) is 4.43 Å². The fourth-order valence-electron chi connectivity index (χ4n) is 1.10. The van der Waals surface area contributed by atoms with Crippen LogP contribution in [0.4, 0.5) is 0 Å². The van der Waals surface area contributed by atoms with E-state index >= 15 is 0 Å². The van der Waals surface area contributed by atoms with Crippen molar-refractivity contribution in [1.82, 2.24) is 0 Å². The van der Waals surface area contributed by atoms with Crippen LogP contribution in [0.2, 0.25) is 0 Å². The number of aliphatic hydroxyl groups is 1. The molecule has 0 heterocycles. The highest BCUT2D eigenvalue weighted by Gasteiger charge is 1.99. The van der Waals surface area contributed by atoms with Crippen molar-refractivity contribution < 1.29 is 5.11 Å². The van der Waals surface area contributed by atoms with E-state index in [1.165, 1.54) is 25.7 Å². The fourth-order valence-corrected chi connectivity index (χ4v) is 1.54. The van der Waals surface area contributed by atoms with Crippen LogP contribution in [-0.2, 0) is 0 Å². The van der Waals surface area contributed by atoms with Gasteiger partial charge in [-0.3, -0.25) is 0 Å². The van der Waals surface area contributed by atoms with E-state index in [1.807, 2.05) is 6.08 Å². The van der Waals surface area contributed by atoms with Crippen molar-refractivity contribution in [3.63, 3.8) is 0 Å². The van der Waals surface area contributed by atoms with Crippen molar-refractivity contribution in [2.24, 2.45) is 0 Å². The lowest BCUT2D eigenvalue weighted by Crippen LogP contribution is -2.06. The minimum atomic E-state index is -0.0787. The Morgan fingerprint density at radius 3 is 2.50 bits per heavy atom. The zero-order chi connectivity index (χ0) is 9.23. The van der Waals surface area contributed by atoms with Crippen molar-refractivity contribution in [3.8, 4) is 0 Å². The maximum atomic E-state index is 9.24. The van der Waals surface area contributed by atoms with Crippen LogP contribution in [0.25, 0.3) is 0 Å². The van der Waals surface area contributed by atoms with Crippen LogP contribution < -0.4 is 0 Å². The van der Waals surface area contributed by atoms with Crippen LogP contribution in [0.15, 0.2) is 12.7 Å². The third-order valence-electron chi connectivity index (χ3n) is 1.87. The van der Waals surface area contributed by atoms with Gasteiger partial charge in [-0.15, -0.1) is 6.58 Å². The maximum absolute atomic E-state index is 9.24. The summed E-state index contributed by atoms with van der Waals surface area (Å²) in [6.45, 7) is 3.68. The molecule has 0 amide bonds. The molecule has 0 aromatic heterocycles. The molecular weight excluding hydrogens is 263 g/mol. The summed E-state index contributed by atoms with van der Waals surface area (Å²) >= 11 is 2.22. The predicted molar refractivity (Wildman–Crippen MR) is 62.8 cm³/mol. The van der Waals surface area contributed by atoms with Crippen LogP contribution in [-0.4, -0.2) is 15.6 Å². The molecule has 0 aliphatic rings. The van der Waals surface area contributed by atoms with Gasteiger partial charge in [0.05, 0.1) is 6.10 Å². The monoisotopic (exact) mass is 282 g/mol. The Bertz CT molecular complexity index is 104. The summed E-state index contributed by atoms with van der Waals surface area (Å²) in [5, 5.41) is 9.24. The van der Waals surface area contributed by atoms with Gasteiger partial charge in [-0.2, -0.15) is 0 Å². The van der Waals surface area contributed by atoms with E-state index in [-0.39, 0.29) is 6.10 Å². The average Bonchev–Trinajstić information content (AvgIpc) is 2.10. The molecule has 0 aliphatic carbocycles. The van der Waals surface area contributed by atoms with Gasteiger partial charge in [0.15, 0.2) is 0 Å². The zero-order valence-electron chi connectivity index (χ0n) is 7.64. The first-order chi connectivity index (χ1) is 5.81. The third-order valence-corrected chi connectivity index (χ3v) is 2.89. The van der Waals surface area contributed by atoms with Gasteiger partial charge in [-0.05, 0) is 19.3 Å². The highest BCUT2D eigenvalue weighted by molar-refractivity contribution is 14.1. The molecule has 0 spiro atoms. The van der Waals surface area contributed by atoms with Gasteiger partial charge in [0.1, 0.15) is 0 Å². The molecule has 1 nitrogen and oxygen atoms in total. The van der Waals surface area contributed by atoms with Crippen LogP contribution in [0.3, 0.4) is 0 Å². The zero-order valence-corrected chi connectivity index (χ0v) is 9.79. The number of allylic oxidation sites excluding steroid dienone is 1. The van der Waals surface area contributed by atoms with Gasteiger partial charge >= 0.3 is 0 Å². The normalized spacial score (nSPS) is 12.8. The molecule has 0 fully saturated rings. The summed E-state index contributed by atoms with van der Waals surface area (Å²) in [7, 11) is 0. The molecule has 0 aromatic carbocycles. The largest absolute Gasteiger partial charge is 0.392 e. The highest BCUT2D eigenvalue weighted by Crippen LogP contribution is 2.08. The fraction of sp³-hybridized carbons (Fsp3) is 0.800. The van der Waals surface area contributed by atoms with E-state index in [4.69, 9.17) is 0 Å². The first-order valence-corrected chi connectivity index (χ1v) is 6.18. The summed E-state index contributed by atoms with van der Waals surface area (Å²) in [6.07, 6.45) is 8.95. The lowest BCUT2D eigenvalue weighted by Gasteiger charge is -2.05. The van der Waals surface area contributed by atoms with Crippen LogP contribution in [0.5, 0.6) is 0 Å². The lowest BCUT2D eigenvalue weighted by molar-refractivity contribution is 0.188. The molecule has 0 rings (SSSR count). The second-order valence-corrected chi connectivity index (χ2v) is 3.97. The third kappa shape index (κ3) is 8.53. The van der Waals surface area contributed by atoms with Crippen molar-refractivity contribution in [2.75, 3.05) is 4.43 Å². The topological polar surface area (TPSA) is 20.2 Å². The molecule has 1 N–H and O–H groups in total. The first-order valence-electron chi connectivity index (χ1n) is 4.66. The van der Waals surface area contributed by atoms with Gasteiger partial charge in [0.2, 0.25) is 0 Å². The summed E-state index contributed by atoms with van der Waals surface area (Å²) in [5.41, 5.74) is 0. The Balaban J connectivity index is 2.95. The van der Waals surface area contributed by atoms with Gasteiger partial charge in [-0.1, -0.05) is 47.9 Å². The molecule has 0 bridgehead atoms. The highest BCUT2D eigenvalue weighted by atomic mass is 127. The maximum Gasteiger partial charge on any atom is 0.0629 e. The summed E-state index contributed by atoms with van der Waals surface area (Å²) in [4.78, 5) is 0. The Morgan fingerprint density at radius 1 is 1.25 bits per heavy atom. The standard InChI is InChI=1S/C10H19IO/c1-2-3-4-5-6-7-8-10(12)9-11/h2,10,12H,1,3-9H2. The van der Waals surface area contributed by atoms with Crippen LogP contribution in [0.1, 0.15) is 38.5 Å². The molecule has 12 heavy (non-hydrogen) atoms. The van der Waals surface area contributed by atoms with E-state index in [0.717, 1.165) is 17.3 Å². The van der Waals surface area contributed by atoms with Crippen LogP contribution >= 0.6 is 22.6 Å². The number of rotatable bonds is 8. The van der Waals surface area contributed by atoms with E-state index in [1.54, 1.807) is 0 Å². The Morgan fingerprint density at radius 2 is 1.92 bits per heavy atom. The lowest BCUT2D eigenvalue weighted by atomic mass is 10.1. The molecule has 0 aliphatic heterocycles. The number of unbranched alkanes of at least 4 members (excludes halogenated alkanes) is 4. The van der Waals surface area contributed by atoms with E-state index in [2.05, 4.69) is 29.2 Å². The Kier molecular flexibility index (Phi) is 9.86. The van der Waals surface area contributed by atoms with Crippen molar-refractivity contribution in [1.29, 1.82) is 0 Å². The average molecular weight is 282 g/mol. The number of hydrogen-bond donors (Lipinski definition) is 1. The molecule has 1 unspecified atom stereocenters. The predicted octanol–water partition coefficient (Wildman–Crippen LogP) is 3.31. The second-order valence-electron chi connectivity index (χ2n) is 3.09. The number of halogens is 1. The number of alkyl halides is 1. The van der Waals surface area contributed by atoms with Gasteiger partial charge < -0.3 is 5.11 Å². The summed E-state index contributed by atoms with van der Waals surface area (Å²) < 4.78 is 0.865. The minimum Gasteiger partial charge on any atom is -0.392 e. The molecule has 0 saturated heterocycles. The molecule has 0 aromatic rings. The smallest absolute Gasteiger partial charge is 0.0629 e. The molecule has 72 valence electrons. The van der Waals surface area contributed by atoms with Gasteiger partial charge in [-0.25, -0.2) is 0 Å². The Hall–Kier alpha value is 0.430. The van der Waals surface area contributed by atoms with E-state index in [0.29, 0.717) is 0 Å². The van der Waals surface area contributed by atoms with Crippen molar-refractivity contribution in [3.05, 3.63) is 12.7 Å². The molecule has 0 saturated carbocycles. The Labute approximate surface area is 89.4 Å². The van der Waals surface area contributed by atoms with Gasteiger partial charge in [0.25, 0.3) is 0 Å². The minimum absolute atomic E-state index is 0.0787. The number of hydrogen-bond acceptors (Lipinski definition) is 1. The van der Waals surface area contributed by atoms with E-state index in [9.17, 15) is 5.11 Å². The molecule has 0 radical (unpaired) electrons.